The number of H-pyrrole nitrogens is 1. The van der Waals surface area contributed by atoms with Crippen LogP contribution in [0.2, 0.25) is 0 Å². The minimum atomic E-state index is -0.447. The largest absolute Gasteiger partial charge is 0.366 e. The van der Waals surface area contributed by atoms with Gasteiger partial charge >= 0.3 is 0 Å². The van der Waals surface area contributed by atoms with E-state index >= 15 is 0 Å². The Hall–Kier alpha value is -2.88. The molecule has 0 aliphatic rings. The number of amides is 1. The van der Waals surface area contributed by atoms with Gasteiger partial charge in [-0.05, 0) is 30.7 Å². The van der Waals surface area contributed by atoms with E-state index in [-0.39, 0.29) is 0 Å². The van der Waals surface area contributed by atoms with Crippen LogP contribution in [0.3, 0.4) is 0 Å². The number of carbonyl (C=O) groups excluding carboxylic acids is 1. The summed E-state index contributed by atoms with van der Waals surface area (Å²) < 4.78 is 0. The predicted octanol–water partition coefficient (Wildman–Crippen LogP) is 2.90. The summed E-state index contributed by atoms with van der Waals surface area (Å²) in [6.45, 7) is 2.00. The average Bonchev–Trinajstić information content (AvgIpc) is 2.89. The van der Waals surface area contributed by atoms with Crippen LogP contribution < -0.4 is 5.73 Å². The van der Waals surface area contributed by atoms with Gasteiger partial charge in [-0.15, -0.1) is 0 Å². The number of nitrogens with two attached hydrogens (primary N) is 1. The maximum Gasteiger partial charge on any atom is 0.249 e. The molecule has 0 spiro atoms. The summed E-state index contributed by atoms with van der Waals surface area (Å²) in [4.78, 5) is 19.1. The molecule has 0 aliphatic carbocycles. The van der Waals surface area contributed by atoms with Gasteiger partial charge in [0, 0.05) is 28.9 Å². The van der Waals surface area contributed by atoms with Gasteiger partial charge in [-0.1, -0.05) is 29.8 Å². The molecule has 3 aromatic rings. The number of aromatic nitrogens is 2. The van der Waals surface area contributed by atoms with Crippen molar-refractivity contribution in [2.45, 2.75) is 6.92 Å². The molecule has 0 saturated heterocycles. The summed E-state index contributed by atoms with van der Waals surface area (Å²) in [5, 5.41) is 0.961. The average molecular weight is 277 g/mol. The molecule has 4 nitrogen and oxygen atoms in total. The fourth-order valence-electron chi connectivity index (χ4n) is 2.28. The fourth-order valence-corrected chi connectivity index (χ4v) is 2.28. The molecule has 3 N–H and O–H groups in total. The van der Waals surface area contributed by atoms with Crippen molar-refractivity contribution in [3.63, 3.8) is 0 Å². The fraction of sp³-hybridized carbons (Fsp3) is 0.0588. The van der Waals surface area contributed by atoms with Gasteiger partial charge in [0.1, 0.15) is 5.65 Å². The molecule has 4 heteroatoms. The summed E-state index contributed by atoms with van der Waals surface area (Å²) in [6.07, 6.45) is 5.35. The molecular weight excluding hydrogens is 262 g/mol. The first-order valence-corrected chi connectivity index (χ1v) is 6.66. The van der Waals surface area contributed by atoms with Crippen molar-refractivity contribution >= 4 is 28.6 Å². The first-order valence-electron chi connectivity index (χ1n) is 6.66. The van der Waals surface area contributed by atoms with Crippen molar-refractivity contribution in [2.24, 2.45) is 5.73 Å². The standard InChI is InChI=1S/C17H15N3O/c1-11-4-6-12(7-5-11)15(16(18)21)9-13-10-20-17-14(13)3-2-8-19-17/h2-10H,1H3,(H2,18,21)(H,19,20). The molecule has 3 rings (SSSR count). The Morgan fingerprint density at radius 1 is 1.24 bits per heavy atom. The second kappa shape index (κ2) is 5.25. The van der Waals surface area contributed by atoms with Gasteiger partial charge in [0.2, 0.25) is 5.91 Å². The van der Waals surface area contributed by atoms with E-state index in [9.17, 15) is 4.79 Å². The zero-order valence-corrected chi connectivity index (χ0v) is 11.6. The molecule has 0 fully saturated rings. The van der Waals surface area contributed by atoms with Gasteiger partial charge < -0.3 is 10.7 Å². The van der Waals surface area contributed by atoms with E-state index < -0.39 is 5.91 Å². The van der Waals surface area contributed by atoms with Crippen molar-refractivity contribution in [2.75, 3.05) is 0 Å². The van der Waals surface area contributed by atoms with Crippen molar-refractivity contribution in [3.05, 3.63) is 65.5 Å². The second-order valence-corrected chi connectivity index (χ2v) is 4.93. The third-order valence-corrected chi connectivity index (χ3v) is 3.41. The number of nitrogens with one attached hydrogen (secondary N) is 1. The number of fused-ring (bicyclic) bond motifs is 1. The van der Waals surface area contributed by atoms with Gasteiger partial charge in [-0.25, -0.2) is 4.98 Å². The Labute approximate surface area is 122 Å². The molecular formula is C17H15N3O. The Balaban J connectivity index is 2.13. The van der Waals surface area contributed by atoms with Crippen LogP contribution in [0.4, 0.5) is 0 Å². The number of hydrogen-bond acceptors (Lipinski definition) is 2. The Bertz CT molecular complexity index is 829. The quantitative estimate of drug-likeness (QED) is 0.722. The molecule has 0 atom stereocenters. The zero-order chi connectivity index (χ0) is 14.8. The SMILES string of the molecule is Cc1ccc(C(=Cc2c[nH]c3ncccc23)C(N)=O)cc1. The number of primary amides is 1. The summed E-state index contributed by atoms with van der Waals surface area (Å²) in [7, 11) is 0. The lowest BCUT2D eigenvalue weighted by atomic mass is 10.0. The zero-order valence-electron chi connectivity index (χ0n) is 11.6. The van der Waals surface area contributed by atoms with Gasteiger partial charge in [-0.3, -0.25) is 4.79 Å². The highest BCUT2D eigenvalue weighted by molar-refractivity contribution is 6.24. The van der Waals surface area contributed by atoms with E-state index in [2.05, 4.69) is 9.97 Å². The summed E-state index contributed by atoms with van der Waals surface area (Å²) >= 11 is 0. The third-order valence-electron chi connectivity index (χ3n) is 3.41. The number of aryl methyl sites for hydroxylation is 1. The van der Waals surface area contributed by atoms with E-state index in [0.717, 1.165) is 27.7 Å². The highest BCUT2D eigenvalue weighted by Gasteiger charge is 2.10. The van der Waals surface area contributed by atoms with Gasteiger partial charge in [-0.2, -0.15) is 0 Å². The first-order chi connectivity index (χ1) is 10.1. The van der Waals surface area contributed by atoms with E-state index in [1.807, 2.05) is 49.5 Å². The van der Waals surface area contributed by atoms with Crippen LogP contribution in [0.15, 0.2) is 48.8 Å². The maximum absolute atomic E-state index is 11.8. The monoisotopic (exact) mass is 277 g/mol. The van der Waals surface area contributed by atoms with Gasteiger partial charge in [0.25, 0.3) is 0 Å². The summed E-state index contributed by atoms with van der Waals surface area (Å²) in [5.41, 5.74) is 9.65. The number of pyridine rings is 1. The smallest absolute Gasteiger partial charge is 0.249 e. The molecule has 0 saturated carbocycles. The van der Waals surface area contributed by atoms with Crippen molar-refractivity contribution < 1.29 is 4.79 Å². The number of rotatable bonds is 3. The lowest BCUT2D eigenvalue weighted by molar-refractivity contribution is -0.112. The Kier molecular flexibility index (Phi) is 3.28. The highest BCUT2D eigenvalue weighted by Crippen LogP contribution is 2.23. The predicted molar refractivity (Wildman–Crippen MR) is 84.3 cm³/mol. The summed E-state index contributed by atoms with van der Waals surface area (Å²) in [5.74, 6) is -0.447. The number of aromatic amines is 1. The van der Waals surface area contributed by atoms with Crippen LogP contribution in [-0.2, 0) is 4.79 Å². The lowest BCUT2D eigenvalue weighted by Crippen LogP contribution is -2.12. The molecule has 0 radical (unpaired) electrons. The molecule has 0 aliphatic heterocycles. The number of nitrogens with zero attached hydrogens (tertiary/aromatic N) is 1. The topological polar surface area (TPSA) is 71.8 Å². The Morgan fingerprint density at radius 2 is 2.00 bits per heavy atom. The van der Waals surface area contributed by atoms with Crippen LogP contribution in [0.5, 0.6) is 0 Å². The molecule has 1 amide bonds. The molecule has 0 unspecified atom stereocenters. The molecule has 1 aromatic carbocycles. The van der Waals surface area contributed by atoms with Crippen molar-refractivity contribution in [3.8, 4) is 0 Å². The Morgan fingerprint density at radius 3 is 2.71 bits per heavy atom. The van der Waals surface area contributed by atoms with E-state index in [0.29, 0.717) is 5.57 Å². The van der Waals surface area contributed by atoms with E-state index in [1.54, 1.807) is 12.3 Å². The second-order valence-electron chi connectivity index (χ2n) is 4.93. The molecule has 2 heterocycles. The normalized spacial score (nSPS) is 11.8. The van der Waals surface area contributed by atoms with E-state index in [4.69, 9.17) is 5.73 Å². The van der Waals surface area contributed by atoms with Crippen molar-refractivity contribution in [1.82, 2.24) is 9.97 Å². The van der Waals surface area contributed by atoms with Crippen LogP contribution in [0.1, 0.15) is 16.7 Å². The minimum absolute atomic E-state index is 0.447. The maximum atomic E-state index is 11.8. The van der Waals surface area contributed by atoms with Crippen LogP contribution >= 0.6 is 0 Å². The minimum Gasteiger partial charge on any atom is -0.366 e. The van der Waals surface area contributed by atoms with Crippen LogP contribution in [0.25, 0.3) is 22.7 Å². The summed E-state index contributed by atoms with van der Waals surface area (Å²) in [6, 6.07) is 11.5. The van der Waals surface area contributed by atoms with Crippen LogP contribution in [0, 0.1) is 6.92 Å². The number of hydrogen-bond donors (Lipinski definition) is 2. The number of carbonyl (C=O) groups is 1. The van der Waals surface area contributed by atoms with Gasteiger partial charge in [0.05, 0.1) is 0 Å². The highest BCUT2D eigenvalue weighted by atomic mass is 16.1. The first kappa shape index (κ1) is 13.1. The third kappa shape index (κ3) is 2.56. The van der Waals surface area contributed by atoms with Gasteiger partial charge in [0.15, 0.2) is 0 Å². The molecule has 0 bridgehead atoms. The van der Waals surface area contributed by atoms with Crippen LogP contribution in [-0.4, -0.2) is 15.9 Å². The molecule has 2 aromatic heterocycles. The lowest BCUT2D eigenvalue weighted by Gasteiger charge is -2.04. The van der Waals surface area contributed by atoms with Crippen molar-refractivity contribution in [1.29, 1.82) is 0 Å². The molecule has 104 valence electrons. The number of benzene rings is 1. The van der Waals surface area contributed by atoms with E-state index in [1.165, 1.54) is 0 Å². The molecule has 21 heavy (non-hydrogen) atoms.